The van der Waals surface area contributed by atoms with Crippen molar-refractivity contribution in [1.82, 2.24) is 10.2 Å². The van der Waals surface area contributed by atoms with E-state index in [1.54, 1.807) is 0 Å². The summed E-state index contributed by atoms with van der Waals surface area (Å²) in [6.07, 6.45) is 13.3. The van der Waals surface area contributed by atoms with Gasteiger partial charge in [-0.05, 0) is 82.3 Å². The molecule has 116 valence electrons. The molecule has 1 aliphatic heterocycles. The third kappa shape index (κ3) is 3.98. The number of hydrogen-bond donors (Lipinski definition) is 1. The van der Waals surface area contributed by atoms with Gasteiger partial charge in [0.05, 0.1) is 0 Å². The number of nitrogens with zero attached hydrogens (tertiary/aromatic N) is 1. The molecule has 20 heavy (non-hydrogen) atoms. The molecule has 1 saturated heterocycles. The van der Waals surface area contributed by atoms with E-state index in [-0.39, 0.29) is 0 Å². The lowest BCUT2D eigenvalue weighted by molar-refractivity contribution is 0.0993. The van der Waals surface area contributed by atoms with E-state index in [1.807, 2.05) is 0 Å². The Morgan fingerprint density at radius 3 is 2.60 bits per heavy atom. The van der Waals surface area contributed by atoms with Crippen molar-refractivity contribution in [3.63, 3.8) is 0 Å². The maximum absolute atomic E-state index is 3.60. The van der Waals surface area contributed by atoms with Crippen LogP contribution in [0.3, 0.4) is 0 Å². The van der Waals surface area contributed by atoms with E-state index in [0.29, 0.717) is 0 Å². The Labute approximate surface area is 125 Å². The van der Waals surface area contributed by atoms with E-state index >= 15 is 0 Å². The first-order valence-corrected chi connectivity index (χ1v) is 9.31. The normalized spacial score (nSPS) is 35.4. The van der Waals surface area contributed by atoms with Crippen molar-refractivity contribution >= 4 is 0 Å². The third-order valence-electron chi connectivity index (χ3n) is 5.89. The SMILES string of the molecule is CCCN(CC1CCCNC1)C1CCCC(C2CC2)C1. The minimum absolute atomic E-state index is 0.913. The summed E-state index contributed by atoms with van der Waals surface area (Å²) in [6.45, 7) is 7.56. The van der Waals surface area contributed by atoms with Gasteiger partial charge in [0.15, 0.2) is 0 Å². The van der Waals surface area contributed by atoms with E-state index < -0.39 is 0 Å². The summed E-state index contributed by atoms with van der Waals surface area (Å²) in [5.41, 5.74) is 0. The Bertz CT molecular complexity index is 281. The fraction of sp³-hybridized carbons (Fsp3) is 1.00. The highest BCUT2D eigenvalue weighted by molar-refractivity contribution is 4.89. The van der Waals surface area contributed by atoms with E-state index in [4.69, 9.17) is 0 Å². The highest BCUT2D eigenvalue weighted by atomic mass is 15.2. The summed E-state index contributed by atoms with van der Waals surface area (Å²) in [5.74, 6) is 3.12. The van der Waals surface area contributed by atoms with E-state index in [1.165, 1.54) is 84.0 Å². The van der Waals surface area contributed by atoms with Crippen molar-refractivity contribution in [1.29, 1.82) is 0 Å². The van der Waals surface area contributed by atoms with Crippen molar-refractivity contribution in [2.45, 2.75) is 70.8 Å². The molecule has 3 unspecified atom stereocenters. The molecule has 2 saturated carbocycles. The quantitative estimate of drug-likeness (QED) is 0.797. The van der Waals surface area contributed by atoms with Crippen LogP contribution >= 0.6 is 0 Å². The molecule has 1 heterocycles. The second-order valence-corrected chi connectivity index (χ2v) is 7.63. The summed E-state index contributed by atoms with van der Waals surface area (Å²) >= 11 is 0. The second kappa shape index (κ2) is 7.26. The number of piperidine rings is 1. The Morgan fingerprint density at radius 1 is 1.00 bits per heavy atom. The lowest BCUT2D eigenvalue weighted by Gasteiger charge is -2.40. The topological polar surface area (TPSA) is 15.3 Å². The zero-order chi connectivity index (χ0) is 13.8. The molecular weight excluding hydrogens is 244 g/mol. The summed E-state index contributed by atoms with van der Waals surface area (Å²) in [7, 11) is 0. The lowest BCUT2D eigenvalue weighted by Crippen LogP contribution is -2.45. The molecule has 3 fully saturated rings. The monoisotopic (exact) mass is 278 g/mol. The van der Waals surface area contributed by atoms with Gasteiger partial charge in [-0.1, -0.05) is 19.8 Å². The average molecular weight is 278 g/mol. The molecule has 2 aliphatic carbocycles. The van der Waals surface area contributed by atoms with Crippen molar-refractivity contribution in [3.05, 3.63) is 0 Å². The second-order valence-electron chi connectivity index (χ2n) is 7.63. The predicted octanol–water partition coefficient (Wildman–Crippen LogP) is 3.67. The molecule has 3 rings (SSSR count). The van der Waals surface area contributed by atoms with Crippen LogP contribution in [0, 0.1) is 17.8 Å². The minimum Gasteiger partial charge on any atom is -0.316 e. The van der Waals surface area contributed by atoms with E-state index in [9.17, 15) is 0 Å². The van der Waals surface area contributed by atoms with Gasteiger partial charge in [0.2, 0.25) is 0 Å². The molecule has 3 aliphatic rings. The molecular formula is C18H34N2. The standard InChI is InChI=1S/C18H34N2/c1-2-11-20(14-15-5-4-10-19-13-15)18-7-3-6-17(12-18)16-8-9-16/h15-19H,2-14H2,1H3. The fourth-order valence-corrected chi connectivity index (χ4v) is 4.65. The van der Waals surface area contributed by atoms with Crippen LogP contribution < -0.4 is 5.32 Å². The van der Waals surface area contributed by atoms with Gasteiger partial charge in [0.25, 0.3) is 0 Å². The van der Waals surface area contributed by atoms with Crippen LogP contribution in [-0.4, -0.2) is 37.1 Å². The van der Waals surface area contributed by atoms with Crippen LogP contribution in [0.1, 0.15) is 64.7 Å². The predicted molar refractivity (Wildman–Crippen MR) is 85.9 cm³/mol. The van der Waals surface area contributed by atoms with Gasteiger partial charge in [-0.15, -0.1) is 0 Å². The zero-order valence-corrected chi connectivity index (χ0v) is 13.4. The smallest absolute Gasteiger partial charge is 0.00981 e. The molecule has 0 amide bonds. The van der Waals surface area contributed by atoms with Crippen LogP contribution in [0.25, 0.3) is 0 Å². The maximum atomic E-state index is 3.60. The molecule has 0 aromatic rings. The lowest BCUT2D eigenvalue weighted by atomic mass is 9.81. The van der Waals surface area contributed by atoms with Crippen LogP contribution in [0.4, 0.5) is 0 Å². The Balaban J connectivity index is 1.53. The van der Waals surface area contributed by atoms with Gasteiger partial charge in [-0.2, -0.15) is 0 Å². The fourth-order valence-electron chi connectivity index (χ4n) is 4.65. The van der Waals surface area contributed by atoms with Crippen LogP contribution in [0.5, 0.6) is 0 Å². The molecule has 2 heteroatoms. The van der Waals surface area contributed by atoms with Gasteiger partial charge >= 0.3 is 0 Å². The Hall–Kier alpha value is -0.0800. The summed E-state index contributed by atoms with van der Waals surface area (Å²) in [4.78, 5) is 2.88. The Kier molecular flexibility index (Phi) is 5.39. The van der Waals surface area contributed by atoms with E-state index in [2.05, 4.69) is 17.1 Å². The number of nitrogens with one attached hydrogen (secondary N) is 1. The number of hydrogen-bond acceptors (Lipinski definition) is 2. The first kappa shape index (κ1) is 14.8. The highest BCUT2D eigenvalue weighted by Crippen LogP contribution is 2.44. The highest BCUT2D eigenvalue weighted by Gasteiger charge is 2.36. The molecule has 0 spiro atoms. The average Bonchev–Trinajstić information content (AvgIpc) is 3.33. The van der Waals surface area contributed by atoms with Crippen LogP contribution in [0.15, 0.2) is 0 Å². The van der Waals surface area contributed by atoms with Crippen molar-refractivity contribution in [2.75, 3.05) is 26.2 Å². The minimum atomic E-state index is 0.913. The van der Waals surface area contributed by atoms with Crippen LogP contribution in [-0.2, 0) is 0 Å². The van der Waals surface area contributed by atoms with E-state index in [0.717, 1.165) is 23.8 Å². The first-order valence-electron chi connectivity index (χ1n) is 9.31. The van der Waals surface area contributed by atoms with Crippen molar-refractivity contribution in [2.24, 2.45) is 17.8 Å². The molecule has 0 radical (unpaired) electrons. The zero-order valence-electron chi connectivity index (χ0n) is 13.4. The molecule has 0 bridgehead atoms. The largest absolute Gasteiger partial charge is 0.316 e. The van der Waals surface area contributed by atoms with Crippen molar-refractivity contribution in [3.8, 4) is 0 Å². The molecule has 2 nitrogen and oxygen atoms in total. The van der Waals surface area contributed by atoms with Crippen molar-refractivity contribution < 1.29 is 0 Å². The summed E-state index contributed by atoms with van der Waals surface area (Å²) < 4.78 is 0. The van der Waals surface area contributed by atoms with Crippen LogP contribution in [0.2, 0.25) is 0 Å². The summed E-state index contributed by atoms with van der Waals surface area (Å²) in [5, 5.41) is 3.60. The first-order chi connectivity index (χ1) is 9.86. The van der Waals surface area contributed by atoms with Gasteiger partial charge in [-0.25, -0.2) is 0 Å². The van der Waals surface area contributed by atoms with Gasteiger partial charge in [-0.3, -0.25) is 0 Å². The maximum Gasteiger partial charge on any atom is 0.00981 e. The Morgan fingerprint density at radius 2 is 1.90 bits per heavy atom. The van der Waals surface area contributed by atoms with Gasteiger partial charge < -0.3 is 10.2 Å². The third-order valence-corrected chi connectivity index (χ3v) is 5.89. The summed E-state index contributed by atoms with van der Waals surface area (Å²) in [6, 6.07) is 0.913. The molecule has 0 aromatic heterocycles. The van der Waals surface area contributed by atoms with Gasteiger partial charge in [0, 0.05) is 12.6 Å². The molecule has 3 atom stereocenters. The molecule has 0 aromatic carbocycles. The molecule has 1 N–H and O–H groups in total. The number of rotatable bonds is 6. The van der Waals surface area contributed by atoms with Gasteiger partial charge in [0.1, 0.15) is 0 Å².